The molecule has 0 aromatic heterocycles. The molecular formula is C13H26N2O. The zero-order valence-corrected chi connectivity index (χ0v) is 11.1. The molecule has 16 heavy (non-hydrogen) atoms. The van der Waals surface area contributed by atoms with E-state index in [0.717, 1.165) is 18.4 Å². The Morgan fingerprint density at radius 1 is 1.31 bits per heavy atom. The number of nitrogens with one attached hydrogen (secondary N) is 2. The fourth-order valence-corrected chi connectivity index (χ4v) is 2.36. The van der Waals surface area contributed by atoms with Crippen LogP contribution in [0.15, 0.2) is 0 Å². The first-order chi connectivity index (χ1) is 7.38. The third-order valence-corrected chi connectivity index (χ3v) is 3.25. The summed E-state index contributed by atoms with van der Waals surface area (Å²) in [5, 5.41) is 6.22. The fourth-order valence-electron chi connectivity index (χ4n) is 2.36. The van der Waals surface area contributed by atoms with Crippen LogP contribution < -0.4 is 10.6 Å². The normalized spacial score (nSPS) is 25.8. The summed E-state index contributed by atoms with van der Waals surface area (Å²) in [6.45, 7) is 9.76. The van der Waals surface area contributed by atoms with Gasteiger partial charge in [0, 0.05) is 5.54 Å². The molecule has 2 N–H and O–H groups in total. The Kier molecular flexibility index (Phi) is 4.78. The first-order valence-corrected chi connectivity index (χ1v) is 6.40. The Morgan fingerprint density at radius 2 is 2.00 bits per heavy atom. The Hall–Kier alpha value is -0.570. The number of carbonyl (C=O) groups is 1. The smallest absolute Gasteiger partial charge is 0.234 e. The zero-order valence-electron chi connectivity index (χ0n) is 11.1. The van der Waals surface area contributed by atoms with Crippen molar-refractivity contribution >= 4 is 5.91 Å². The minimum Gasteiger partial charge on any atom is -0.350 e. The molecule has 0 saturated heterocycles. The summed E-state index contributed by atoms with van der Waals surface area (Å²) >= 11 is 0. The van der Waals surface area contributed by atoms with Crippen LogP contribution in [0.2, 0.25) is 0 Å². The summed E-state index contributed by atoms with van der Waals surface area (Å²) in [5.41, 5.74) is -0.126. The van der Waals surface area contributed by atoms with E-state index in [-0.39, 0.29) is 11.4 Å². The van der Waals surface area contributed by atoms with E-state index in [1.165, 1.54) is 19.3 Å². The molecule has 0 spiro atoms. The van der Waals surface area contributed by atoms with Crippen molar-refractivity contribution in [1.82, 2.24) is 10.6 Å². The molecule has 0 heterocycles. The van der Waals surface area contributed by atoms with Crippen molar-refractivity contribution in [2.45, 2.75) is 52.5 Å². The molecule has 2 unspecified atom stereocenters. The van der Waals surface area contributed by atoms with Gasteiger partial charge in [0.2, 0.25) is 5.91 Å². The number of amides is 1. The molecule has 2 atom stereocenters. The molecule has 0 aromatic rings. The maximum absolute atomic E-state index is 11.5. The van der Waals surface area contributed by atoms with Gasteiger partial charge in [0.25, 0.3) is 0 Å². The van der Waals surface area contributed by atoms with Crippen molar-refractivity contribution in [3.05, 3.63) is 0 Å². The summed E-state index contributed by atoms with van der Waals surface area (Å²) in [7, 11) is 0. The molecule has 1 aliphatic rings. The van der Waals surface area contributed by atoms with Gasteiger partial charge in [-0.25, -0.2) is 0 Å². The first kappa shape index (κ1) is 13.5. The third-order valence-electron chi connectivity index (χ3n) is 3.25. The van der Waals surface area contributed by atoms with E-state index in [4.69, 9.17) is 0 Å². The molecule has 0 bridgehead atoms. The Balaban J connectivity index is 2.13. The van der Waals surface area contributed by atoms with Crippen LogP contribution in [0.5, 0.6) is 0 Å². The predicted octanol–water partition coefficient (Wildman–Crippen LogP) is 1.93. The highest BCUT2D eigenvalue weighted by Gasteiger charge is 2.23. The SMILES string of the molecule is CC1CCCC1CNCC(=O)NC(C)(C)C. The second-order valence-corrected chi connectivity index (χ2v) is 6.10. The first-order valence-electron chi connectivity index (χ1n) is 6.40. The van der Waals surface area contributed by atoms with Crippen molar-refractivity contribution < 1.29 is 4.79 Å². The van der Waals surface area contributed by atoms with Crippen molar-refractivity contribution in [1.29, 1.82) is 0 Å². The van der Waals surface area contributed by atoms with Gasteiger partial charge in [0.05, 0.1) is 6.54 Å². The van der Waals surface area contributed by atoms with Crippen LogP contribution in [0.3, 0.4) is 0 Å². The van der Waals surface area contributed by atoms with Crippen molar-refractivity contribution in [2.75, 3.05) is 13.1 Å². The highest BCUT2D eigenvalue weighted by molar-refractivity contribution is 5.78. The molecule has 1 fully saturated rings. The highest BCUT2D eigenvalue weighted by Crippen LogP contribution is 2.30. The molecule has 0 radical (unpaired) electrons. The van der Waals surface area contributed by atoms with Gasteiger partial charge in [0.15, 0.2) is 0 Å². The molecule has 3 nitrogen and oxygen atoms in total. The van der Waals surface area contributed by atoms with Gasteiger partial charge >= 0.3 is 0 Å². The van der Waals surface area contributed by atoms with E-state index in [2.05, 4.69) is 17.6 Å². The average Bonchev–Trinajstić information content (AvgIpc) is 2.48. The number of carbonyl (C=O) groups excluding carboxylic acids is 1. The lowest BCUT2D eigenvalue weighted by Gasteiger charge is -2.21. The van der Waals surface area contributed by atoms with E-state index >= 15 is 0 Å². The fraction of sp³-hybridized carbons (Fsp3) is 0.923. The van der Waals surface area contributed by atoms with Gasteiger partial charge in [0.1, 0.15) is 0 Å². The molecular weight excluding hydrogens is 200 g/mol. The van der Waals surface area contributed by atoms with Crippen LogP contribution in [-0.4, -0.2) is 24.5 Å². The van der Waals surface area contributed by atoms with Crippen LogP contribution in [0.4, 0.5) is 0 Å². The third kappa shape index (κ3) is 4.97. The van der Waals surface area contributed by atoms with Crippen LogP contribution >= 0.6 is 0 Å². The lowest BCUT2D eigenvalue weighted by molar-refractivity contribution is -0.121. The lowest BCUT2D eigenvalue weighted by atomic mass is 9.98. The Labute approximate surface area is 99.4 Å². The Bertz CT molecular complexity index is 233. The number of hydrogen-bond donors (Lipinski definition) is 2. The second kappa shape index (κ2) is 5.67. The number of rotatable bonds is 4. The van der Waals surface area contributed by atoms with Crippen LogP contribution in [0.25, 0.3) is 0 Å². The van der Waals surface area contributed by atoms with E-state index in [1.807, 2.05) is 20.8 Å². The van der Waals surface area contributed by atoms with Gasteiger partial charge in [-0.3, -0.25) is 4.79 Å². The summed E-state index contributed by atoms with van der Waals surface area (Å²) in [4.78, 5) is 11.5. The summed E-state index contributed by atoms with van der Waals surface area (Å²) in [6, 6.07) is 0. The second-order valence-electron chi connectivity index (χ2n) is 6.10. The zero-order chi connectivity index (χ0) is 12.2. The van der Waals surface area contributed by atoms with Crippen molar-refractivity contribution in [3.8, 4) is 0 Å². The van der Waals surface area contributed by atoms with Gasteiger partial charge in [-0.05, 0) is 45.6 Å². The van der Waals surface area contributed by atoms with E-state index in [9.17, 15) is 4.79 Å². The van der Waals surface area contributed by atoms with Gasteiger partial charge in [-0.1, -0.05) is 19.8 Å². The quantitative estimate of drug-likeness (QED) is 0.769. The van der Waals surface area contributed by atoms with Crippen LogP contribution in [0.1, 0.15) is 47.0 Å². The molecule has 1 saturated carbocycles. The largest absolute Gasteiger partial charge is 0.350 e. The van der Waals surface area contributed by atoms with Gasteiger partial charge in [-0.15, -0.1) is 0 Å². The minimum absolute atomic E-state index is 0.0955. The van der Waals surface area contributed by atoms with Gasteiger partial charge in [-0.2, -0.15) is 0 Å². The van der Waals surface area contributed by atoms with Crippen LogP contribution in [-0.2, 0) is 4.79 Å². The predicted molar refractivity (Wildman–Crippen MR) is 67.3 cm³/mol. The van der Waals surface area contributed by atoms with Crippen LogP contribution in [0, 0.1) is 11.8 Å². The Morgan fingerprint density at radius 3 is 2.50 bits per heavy atom. The lowest BCUT2D eigenvalue weighted by Crippen LogP contribution is -2.45. The molecule has 1 amide bonds. The molecule has 1 aliphatic carbocycles. The molecule has 0 aromatic carbocycles. The van der Waals surface area contributed by atoms with E-state index < -0.39 is 0 Å². The highest BCUT2D eigenvalue weighted by atomic mass is 16.2. The summed E-state index contributed by atoms with van der Waals surface area (Å²) in [5.74, 6) is 1.68. The van der Waals surface area contributed by atoms with E-state index in [1.54, 1.807) is 0 Å². The van der Waals surface area contributed by atoms with Crippen molar-refractivity contribution in [2.24, 2.45) is 11.8 Å². The van der Waals surface area contributed by atoms with Crippen molar-refractivity contribution in [3.63, 3.8) is 0 Å². The molecule has 94 valence electrons. The minimum atomic E-state index is -0.126. The number of hydrogen-bond acceptors (Lipinski definition) is 2. The maximum Gasteiger partial charge on any atom is 0.234 e. The standard InChI is InChI=1S/C13H26N2O/c1-10-6-5-7-11(10)8-14-9-12(16)15-13(2,3)4/h10-11,14H,5-9H2,1-4H3,(H,15,16). The maximum atomic E-state index is 11.5. The van der Waals surface area contributed by atoms with Gasteiger partial charge < -0.3 is 10.6 Å². The topological polar surface area (TPSA) is 41.1 Å². The molecule has 0 aliphatic heterocycles. The average molecular weight is 226 g/mol. The summed E-state index contributed by atoms with van der Waals surface area (Å²) < 4.78 is 0. The monoisotopic (exact) mass is 226 g/mol. The summed E-state index contributed by atoms with van der Waals surface area (Å²) in [6.07, 6.45) is 4.01. The molecule has 3 heteroatoms. The molecule has 1 rings (SSSR count). The van der Waals surface area contributed by atoms with E-state index in [0.29, 0.717) is 6.54 Å².